The van der Waals surface area contributed by atoms with Gasteiger partial charge in [-0.15, -0.1) is 0 Å². The first kappa shape index (κ1) is 31.1. The van der Waals surface area contributed by atoms with Crippen molar-refractivity contribution in [2.24, 2.45) is 4.99 Å². The highest BCUT2D eigenvalue weighted by molar-refractivity contribution is 7.07. The Morgan fingerprint density at radius 2 is 1.82 bits per heavy atom. The van der Waals surface area contributed by atoms with Crippen molar-refractivity contribution in [2.45, 2.75) is 46.4 Å². The maximum Gasteiger partial charge on any atom is 0.338 e. The Morgan fingerprint density at radius 3 is 2.52 bits per heavy atom. The van der Waals surface area contributed by atoms with E-state index in [0.29, 0.717) is 49.5 Å². The van der Waals surface area contributed by atoms with Crippen LogP contribution in [-0.2, 0) is 16.1 Å². The number of carbonyl (C=O) groups excluding carboxylic acids is 1. The molecule has 5 rings (SSSR count). The number of nitrogens with zero attached hydrogens (tertiary/aromatic N) is 2. The van der Waals surface area contributed by atoms with Gasteiger partial charge in [0.1, 0.15) is 12.4 Å². The van der Waals surface area contributed by atoms with E-state index in [2.05, 4.69) is 4.99 Å². The first-order valence-electron chi connectivity index (χ1n) is 14.2. The summed E-state index contributed by atoms with van der Waals surface area (Å²) in [5, 5.41) is 0.655. The number of benzene rings is 3. The van der Waals surface area contributed by atoms with Crippen molar-refractivity contribution < 1.29 is 23.7 Å². The number of thiazole rings is 1. The fourth-order valence-electron chi connectivity index (χ4n) is 4.93. The molecule has 228 valence electrons. The lowest BCUT2D eigenvalue weighted by atomic mass is 9.95. The van der Waals surface area contributed by atoms with Crippen LogP contribution < -0.4 is 29.1 Å². The van der Waals surface area contributed by atoms with Crippen LogP contribution in [0.1, 0.15) is 50.4 Å². The van der Waals surface area contributed by atoms with E-state index in [1.807, 2.05) is 68.4 Å². The summed E-state index contributed by atoms with van der Waals surface area (Å²) in [6.07, 6.45) is 1.73. The van der Waals surface area contributed by atoms with Gasteiger partial charge in [-0.2, -0.15) is 0 Å². The Balaban J connectivity index is 1.61. The highest BCUT2D eigenvalue weighted by Gasteiger charge is 2.34. The van der Waals surface area contributed by atoms with Crippen LogP contribution in [0.5, 0.6) is 17.2 Å². The summed E-state index contributed by atoms with van der Waals surface area (Å²) in [5.74, 6) is 1.14. The van der Waals surface area contributed by atoms with Gasteiger partial charge in [-0.25, -0.2) is 9.79 Å². The number of fused-ring (bicyclic) bond motifs is 1. The lowest BCUT2D eigenvalue weighted by Gasteiger charge is -2.25. The predicted molar refractivity (Wildman–Crippen MR) is 171 cm³/mol. The Kier molecular flexibility index (Phi) is 9.56. The molecule has 1 aliphatic rings. The molecule has 1 atom stereocenters. The summed E-state index contributed by atoms with van der Waals surface area (Å²) in [6.45, 7) is 7.87. The van der Waals surface area contributed by atoms with E-state index >= 15 is 0 Å². The van der Waals surface area contributed by atoms with E-state index in [-0.39, 0.29) is 23.8 Å². The van der Waals surface area contributed by atoms with Crippen molar-refractivity contribution in [1.82, 2.24) is 4.57 Å². The molecule has 0 saturated heterocycles. The zero-order chi connectivity index (χ0) is 31.4. The maximum absolute atomic E-state index is 14.1. The standard InChI is InChI=1S/C34H33ClN2O6S/c1-6-41-33(39)30-21(4)36-34-37(31(30)24-13-16-27(43-20(2)3)28(17-24)40-5)32(38)29(44-34)18-23-9-7-8-10-26(23)42-19-22-11-14-25(35)15-12-22/h7-18,20,31H,6,19H2,1-5H3/b29-18+/t31-/m0/s1. The van der Waals surface area contributed by atoms with Crippen LogP contribution in [-0.4, -0.2) is 30.4 Å². The number of hydrogen-bond donors (Lipinski definition) is 0. The Bertz CT molecular complexity index is 1890. The third kappa shape index (κ3) is 6.59. The summed E-state index contributed by atoms with van der Waals surface area (Å²) in [7, 11) is 1.55. The third-order valence-electron chi connectivity index (χ3n) is 6.90. The number of methoxy groups -OCH3 is 1. The van der Waals surface area contributed by atoms with Crippen LogP contribution in [0, 0.1) is 0 Å². The smallest absolute Gasteiger partial charge is 0.338 e. The fraction of sp³-hybridized carbons (Fsp3) is 0.265. The molecule has 0 N–H and O–H groups in total. The molecule has 0 amide bonds. The van der Waals surface area contributed by atoms with E-state index in [9.17, 15) is 9.59 Å². The monoisotopic (exact) mass is 632 g/mol. The van der Waals surface area contributed by atoms with Gasteiger partial charge in [-0.3, -0.25) is 9.36 Å². The average molecular weight is 633 g/mol. The fourth-order valence-corrected chi connectivity index (χ4v) is 6.09. The largest absolute Gasteiger partial charge is 0.493 e. The molecular formula is C34H33ClN2O6S. The van der Waals surface area contributed by atoms with E-state index < -0.39 is 12.0 Å². The maximum atomic E-state index is 14.1. The number of carbonyl (C=O) groups is 1. The van der Waals surface area contributed by atoms with Gasteiger partial charge in [0.25, 0.3) is 5.56 Å². The summed E-state index contributed by atoms with van der Waals surface area (Å²) >= 11 is 7.27. The third-order valence-corrected chi connectivity index (χ3v) is 8.13. The molecule has 0 fully saturated rings. The predicted octanol–water partition coefficient (Wildman–Crippen LogP) is 5.83. The molecule has 0 spiro atoms. The van der Waals surface area contributed by atoms with Gasteiger partial charge >= 0.3 is 5.97 Å². The lowest BCUT2D eigenvalue weighted by molar-refractivity contribution is -0.139. The molecule has 0 unspecified atom stereocenters. The molecule has 3 aromatic carbocycles. The summed E-state index contributed by atoms with van der Waals surface area (Å²) < 4.78 is 25.1. The average Bonchev–Trinajstić information content (AvgIpc) is 3.30. The molecule has 4 aromatic rings. The van der Waals surface area contributed by atoms with Crippen molar-refractivity contribution in [3.05, 3.63) is 119 Å². The number of rotatable bonds is 10. The van der Waals surface area contributed by atoms with Crippen molar-refractivity contribution >= 4 is 35.0 Å². The number of aromatic nitrogens is 1. The second-order valence-electron chi connectivity index (χ2n) is 10.3. The molecule has 1 aliphatic heterocycles. The molecule has 0 bridgehead atoms. The zero-order valence-electron chi connectivity index (χ0n) is 25.1. The van der Waals surface area contributed by atoms with Gasteiger partial charge in [0.15, 0.2) is 16.3 Å². The second-order valence-corrected chi connectivity index (χ2v) is 11.8. The Labute approximate surface area is 264 Å². The lowest BCUT2D eigenvalue weighted by Crippen LogP contribution is -2.40. The summed E-state index contributed by atoms with van der Waals surface area (Å²) in [4.78, 5) is 32.6. The van der Waals surface area contributed by atoms with E-state index in [0.717, 1.165) is 11.1 Å². The van der Waals surface area contributed by atoms with Crippen LogP contribution in [0.15, 0.2) is 87.8 Å². The normalized spacial score (nSPS) is 14.7. The SMILES string of the molecule is CCOC(=O)C1=C(C)N=c2s/c(=C/c3ccccc3OCc3ccc(Cl)cc3)c(=O)n2[C@H]1c1ccc(OC(C)C)c(OC)c1. The first-order chi connectivity index (χ1) is 21.2. The number of halogens is 1. The number of hydrogen-bond acceptors (Lipinski definition) is 8. The topological polar surface area (TPSA) is 88.4 Å². The van der Waals surface area contributed by atoms with Crippen molar-refractivity contribution in [3.8, 4) is 17.2 Å². The Morgan fingerprint density at radius 1 is 1.07 bits per heavy atom. The van der Waals surface area contributed by atoms with Crippen LogP contribution in [0.25, 0.3) is 6.08 Å². The minimum atomic E-state index is -0.786. The molecule has 44 heavy (non-hydrogen) atoms. The molecule has 0 saturated carbocycles. The van der Waals surface area contributed by atoms with Crippen molar-refractivity contribution in [1.29, 1.82) is 0 Å². The summed E-state index contributed by atoms with van der Waals surface area (Å²) in [5.41, 5.74) is 2.84. The van der Waals surface area contributed by atoms with Crippen molar-refractivity contribution in [2.75, 3.05) is 13.7 Å². The quantitative estimate of drug-likeness (QED) is 0.205. The molecule has 0 aliphatic carbocycles. The van der Waals surface area contributed by atoms with Crippen LogP contribution in [0.3, 0.4) is 0 Å². The molecule has 2 heterocycles. The minimum Gasteiger partial charge on any atom is -0.493 e. The number of allylic oxidation sites excluding steroid dienone is 1. The second kappa shape index (κ2) is 13.5. The number of para-hydroxylation sites is 1. The Hall–Kier alpha value is -4.34. The van der Waals surface area contributed by atoms with Crippen molar-refractivity contribution in [3.63, 3.8) is 0 Å². The highest BCUT2D eigenvalue weighted by Crippen LogP contribution is 2.36. The highest BCUT2D eigenvalue weighted by atomic mass is 35.5. The molecule has 1 aromatic heterocycles. The molecule has 8 nitrogen and oxygen atoms in total. The van der Waals surface area contributed by atoms with Gasteiger partial charge < -0.3 is 18.9 Å². The van der Waals surface area contributed by atoms with Gasteiger partial charge in [0.2, 0.25) is 0 Å². The van der Waals surface area contributed by atoms with E-state index in [1.165, 1.54) is 11.3 Å². The number of ether oxygens (including phenoxy) is 4. The van der Waals surface area contributed by atoms with E-state index in [4.69, 9.17) is 30.5 Å². The molecule has 10 heteroatoms. The zero-order valence-corrected chi connectivity index (χ0v) is 26.7. The van der Waals surface area contributed by atoms with Crippen LogP contribution in [0.4, 0.5) is 0 Å². The van der Waals surface area contributed by atoms with Crippen LogP contribution >= 0.6 is 22.9 Å². The van der Waals surface area contributed by atoms with E-state index in [1.54, 1.807) is 43.7 Å². The van der Waals surface area contributed by atoms with Crippen LogP contribution in [0.2, 0.25) is 5.02 Å². The van der Waals surface area contributed by atoms with Gasteiger partial charge in [0, 0.05) is 10.6 Å². The molecular weight excluding hydrogens is 600 g/mol. The first-order valence-corrected chi connectivity index (χ1v) is 15.4. The van der Waals surface area contributed by atoms with Gasteiger partial charge in [0.05, 0.1) is 41.7 Å². The molecule has 0 radical (unpaired) electrons. The summed E-state index contributed by atoms with van der Waals surface area (Å²) in [6, 6.07) is 19.6. The van der Waals surface area contributed by atoms with Gasteiger partial charge in [-0.05, 0) is 75.2 Å². The number of esters is 1. The van der Waals surface area contributed by atoms with Gasteiger partial charge in [-0.1, -0.05) is 59.3 Å². The minimum absolute atomic E-state index is 0.0669.